The number of carbonyl (C=O) groups is 1. The molecule has 5 heteroatoms. The maximum atomic E-state index is 11.2. The standard InChI is InChI=1S/C10H9ClN2O2/c1-15-6-10(14)13-9-4-8(11)3-2-7(9)5-12/h2-4H,6H2,1H3,(H,13,14). The fourth-order valence-electron chi connectivity index (χ4n) is 1.03. The summed E-state index contributed by atoms with van der Waals surface area (Å²) in [4.78, 5) is 11.2. The maximum absolute atomic E-state index is 11.2. The van der Waals surface area contributed by atoms with E-state index in [2.05, 4.69) is 10.1 Å². The number of nitrogens with one attached hydrogen (secondary N) is 1. The van der Waals surface area contributed by atoms with E-state index in [-0.39, 0.29) is 12.5 Å². The minimum absolute atomic E-state index is 0.0582. The zero-order chi connectivity index (χ0) is 11.3. The number of nitriles is 1. The van der Waals surface area contributed by atoms with Crippen LogP contribution in [0.15, 0.2) is 18.2 Å². The fraction of sp³-hybridized carbons (Fsp3) is 0.200. The van der Waals surface area contributed by atoms with Crippen LogP contribution in [0.2, 0.25) is 5.02 Å². The lowest BCUT2D eigenvalue weighted by molar-refractivity contribution is -0.119. The first-order valence-electron chi connectivity index (χ1n) is 4.16. The van der Waals surface area contributed by atoms with Gasteiger partial charge in [0.1, 0.15) is 12.7 Å². The largest absolute Gasteiger partial charge is 0.375 e. The lowest BCUT2D eigenvalue weighted by atomic mass is 10.2. The number of hydrogen-bond acceptors (Lipinski definition) is 3. The minimum Gasteiger partial charge on any atom is -0.375 e. The van der Waals surface area contributed by atoms with E-state index in [9.17, 15) is 4.79 Å². The van der Waals surface area contributed by atoms with Crippen molar-refractivity contribution >= 4 is 23.2 Å². The molecule has 1 aromatic carbocycles. The van der Waals surface area contributed by atoms with Crippen molar-refractivity contribution in [2.75, 3.05) is 19.0 Å². The number of ether oxygens (including phenoxy) is 1. The third kappa shape index (κ3) is 3.24. The molecule has 78 valence electrons. The van der Waals surface area contributed by atoms with Gasteiger partial charge in [-0.3, -0.25) is 4.79 Å². The number of benzene rings is 1. The summed E-state index contributed by atoms with van der Waals surface area (Å²) >= 11 is 5.74. The van der Waals surface area contributed by atoms with Crippen LogP contribution in [0.4, 0.5) is 5.69 Å². The second kappa shape index (κ2) is 5.35. The smallest absolute Gasteiger partial charge is 0.250 e. The summed E-state index contributed by atoms with van der Waals surface area (Å²) in [7, 11) is 1.42. The highest BCUT2D eigenvalue weighted by atomic mass is 35.5. The van der Waals surface area contributed by atoms with E-state index in [1.807, 2.05) is 6.07 Å². The quantitative estimate of drug-likeness (QED) is 0.852. The van der Waals surface area contributed by atoms with Gasteiger partial charge in [0.15, 0.2) is 0 Å². The molecule has 4 nitrogen and oxygen atoms in total. The van der Waals surface area contributed by atoms with Gasteiger partial charge in [-0.2, -0.15) is 5.26 Å². The van der Waals surface area contributed by atoms with E-state index in [1.165, 1.54) is 13.2 Å². The molecule has 0 aliphatic carbocycles. The van der Waals surface area contributed by atoms with Crippen LogP contribution < -0.4 is 5.32 Å². The molecule has 0 heterocycles. The molecule has 0 fully saturated rings. The Balaban J connectivity index is 2.88. The second-order valence-electron chi connectivity index (χ2n) is 2.78. The first-order valence-corrected chi connectivity index (χ1v) is 4.53. The Bertz CT molecular complexity index is 412. The summed E-state index contributed by atoms with van der Waals surface area (Å²) in [5.41, 5.74) is 0.760. The van der Waals surface area contributed by atoms with Gasteiger partial charge in [-0.05, 0) is 18.2 Å². The van der Waals surface area contributed by atoms with E-state index in [0.717, 1.165) is 0 Å². The van der Waals surface area contributed by atoms with Crippen LogP contribution in [0.5, 0.6) is 0 Å². The molecule has 0 saturated heterocycles. The van der Waals surface area contributed by atoms with Crippen molar-refractivity contribution in [3.63, 3.8) is 0 Å². The van der Waals surface area contributed by atoms with Crippen molar-refractivity contribution in [2.24, 2.45) is 0 Å². The topological polar surface area (TPSA) is 62.1 Å². The molecule has 1 amide bonds. The molecule has 0 unspecified atom stereocenters. The number of hydrogen-bond donors (Lipinski definition) is 1. The monoisotopic (exact) mass is 224 g/mol. The molecule has 15 heavy (non-hydrogen) atoms. The highest BCUT2D eigenvalue weighted by molar-refractivity contribution is 6.31. The van der Waals surface area contributed by atoms with Gasteiger partial charge in [-0.15, -0.1) is 0 Å². The normalized spacial score (nSPS) is 9.40. The van der Waals surface area contributed by atoms with Crippen molar-refractivity contribution in [1.29, 1.82) is 5.26 Å². The molecular formula is C10H9ClN2O2. The Morgan fingerprint density at radius 1 is 1.67 bits per heavy atom. The predicted octanol–water partition coefficient (Wildman–Crippen LogP) is 1.80. The van der Waals surface area contributed by atoms with Crippen LogP contribution >= 0.6 is 11.6 Å². The van der Waals surface area contributed by atoms with E-state index in [4.69, 9.17) is 16.9 Å². The van der Waals surface area contributed by atoms with Gasteiger partial charge in [-0.25, -0.2) is 0 Å². The summed E-state index contributed by atoms with van der Waals surface area (Å²) in [6.07, 6.45) is 0. The predicted molar refractivity (Wildman–Crippen MR) is 56.7 cm³/mol. The highest BCUT2D eigenvalue weighted by Crippen LogP contribution is 2.20. The van der Waals surface area contributed by atoms with Crippen molar-refractivity contribution in [2.45, 2.75) is 0 Å². The molecule has 1 N–H and O–H groups in total. The molecule has 0 spiro atoms. The van der Waals surface area contributed by atoms with Gasteiger partial charge < -0.3 is 10.1 Å². The molecule has 0 saturated carbocycles. The zero-order valence-electron chi connectivity index (χ0n) is 8.08. The number of amides is 1. The lowest BCUT2D eigenvalue weighted by Gasteiger charge is -2.06. The van der Waals surface area contributed by atoms with Crippen LogP contribution in [0, 0.1) is 11.3 Å². The Morgan fingerprint density at radius 2 is 2.40 bits per heavy atom. The van der Waals surface area contributed by atoms with Crippen LogP contribution in [0.25, 0.3) is 0 Å². The van der Waals surface area contributed by atoms with Gasteiger partial charge in [0.2, 0.25) is 5.91 Å². The van der Waals surface area contributed by atoms with Crippen LogP contribution in [0.1, 0.15) is 5.56 Å². The Labute approximate surface area is 92.4 Å². The van der Waals surface area contributed by atoms with Crippen molar-refractivity contribution in [1.82, 2.24) is 0 Å². The van der Waals surface area contributed by atoms with E-state index in [0.29, 0.717) is 16.3 Å². The van der Waals surface area contributed by atoms with Gasteiger partial charge in [0, 0.05) is 12.1 Å². The molecule has 0 radical (unpaired) electrons. The lowest BCUT2D eigenvalue weighted by Crippen LogP contribution is -2.17. The molecule has 1 rings (SSSR count). The van der Waals surface area contributed by atoms with Crippen molar-refractivity contribution < 1.29 is 9.53 Å². The van der Waals surface area contributed by atoms with Gasteiger partial charge >= 0.3 is 0 Å². The van der Waals surface area contributed by atoms with Gasteiger partial charge in [-0.1, -0.05) is 11.6 Å². The van der Waals surface area contributed by atoms with Crippen LogP contribution in [-0.4, -0.2) is 19.6 Å². The average molecular weight is 225 g/mol. The molecule has 0 aliphatic heterocycles. The number of rotatable bonds is 3. The highest BCUT2D eigenvalue weighted by Gasteiger charge is 2.06. The molecule has 0 atom stereocenters. The van der Waals surface area contributed by atoms with Crippen molar-refractivity contribution in [3.05, 3.63) is 28.8 Å². The zero-order valence-corrected chi connectivity index (χ0v) is 8.84. The number of anilines is 1. The van der Waals surface area contributed by atoms with E-state index < -0.39 is 0 Å². The van der Waals surface area contributed by atoms with E-state index in [1.54, 1.807) is 12.1 Å². The Hall–Kier alpha value is -1.57. The summed E-state index contributed by atoms with van der Waals surface area (Å²) in [6.45, 7) is -0.0582. The third-order valence-electron chi connectivity index (χ3n) is 1.65. The van der Waals surface area contributed by atoms with Gasteiger partial charge in [0.25, 0.3) is 0 Å². The molecule has 0 aliphatic rings. The van der Waals surface area contributed by atoms with Crippen LogP contribution in [-0.2, 0) is 9.53 Å². The number of halogens is 1. The third-order valence-corrected chi connectivity index (χ3v) is 1.89. The van der Waals surface area contributed by atoms with E-state index >= 15 is 0 Å². The Morgan fingerprint density at radius 3 is 3.00 bits per heavy atom. The number of nitrogens with zero attached hydrogens (tertiary/aromatic N) is 1. The summed E-state index contributed by atoms with van der Waals surface area (Å²) in [5.74, 6) is -0.323. The average Bonchev–Trinajstić information content (AvgIpc) is 2.18. The van der Waals surface area contributed by atoms with Gasteiger partial charge in [0.05, 0.1) is 11.3 Å². The Kier molecular flexibility index (Phi) is 4.10. The van der Waals surface area contributed by atoms with Crippen molar-refractivity contribution in [3.8, 4) is 6.07 Å². The maximum Gasteiger partial charge on any atom is 0.250 e. The molecule has 1 aromatic rings. The first kappa shape index (κ1) is 11.5. The van der Waals surface area contributed by atoms with Crippen LogP contribution in [0.3, 0.4) is 0 Å². The number of carbonyl (C=O) groups excluding carboxylic acids is 1. The molecular weight excluding hydrogens is 216 g/mol. The number of methoxy groups -OCH3 is 1. The fourth-order valence-corrected chi connectivity index (χ4v) is 1.21. The molecule has 0 aromatic heterocycles. The first-order chi connectivity index (χ1) is 7.17. The SMILES string of the molecule is COCC(=O)Nc1cc(Cl)ccc1C#N. The molecule has 0 bridgehead atoms. The second-order valence-corrected chi connectivity index (χ2v) is 3.22. The summed E-state index contributed by atoms with van der Waals surface area (Å²) in [6, 6.07) is 6.61. The summed E-state index contributed by atoms with van der Waals surface area (Å²) < 4.78 is 4.65. The minimum atomic E-state index is -0.323. The summed E-state index contributed by atoms with van der Waals surface area (Å²) in [5, 5.41) is 11.8.